The second-order valence-corrected chi connectivity index (χ2v) is 8.77. The van der Waals surface area contributed by atoms with E-state index in [4.69, 9.17) is 10.5 Å². The van der Waals surface area contributed by atoms with Crippen LogP contribution in [0.1, 0.15) is 34.8 Å². The zero-order valence-electron chi connectivity index (χ0n) is 22.2. The third-order valence-corrected chi connectivity index (χ3v) is 6.04. The molecule has 0 amide bonds. The van der Waals surface area contributed by atoms with Gasteiger partial charge in [0.15, 0.2) is 12.1 Å². The summed E-state index contributed by atoms with van der Waals surface area (Å²) in [5, 5.41) is 14.6. The molecule has 0 aliphatic carbocycles. The van der Waals surface area contributed by atoms with Crippen LogP contribution >= 0.6 is 0 Å². The average molecular weight is 503 g/mol. The highest BCUT2D eigenvalue weighted by atomic mass is 16.5. The van der Waals surface area contributed by atoms with Gasteiger partial charge in [0.1, 0.15) is 5.75 Å². The number of nitrogen functional groups attached to an aromatic ring is 1. The molecule has 0 aliphatic heterocycles. The van der Waals surface area contributed by atoms with Gasteiger partial charge >= 0.3 is 0 Å². The molecule has 1 aromatic heterocycles. The zero-order chi connectivity index (χ0) is 26.6. The number of anilines is 3. The Balaban J connectivity index is 0.000000214. The number of rotatable bonds is 11. The number of carbonyl (C=O) groups is 1. The van der Waals surface area contributed by atoms with Gasteiger partial charge in [0, 0.05) is 43.0 Å². The predicted octanol–water partition coefficient (Wildman–Crippen LogP) is 4.72. The number of hydrogen-bond donors (Lipinski definition) is 4. The maximum absolute atomic E-state index is 10.6. The zero-order valence-corrected chi connectivity index (χ0v) is 22.2. The first-order valence-electron chi connectivity index (χ1n) is 12.6. The van der Waals surface area contributed by atoms with E-state index in [0.29, 0.717) is 17.9 Å². The van der Waals surface area contributed by atoms with Gasteiger partial charge in [-0.2, -0.15) is 5.10 Å². The lowest BCUT2D eigenvalue weighted by Gasteiger charge is -2.19. The van der Waals surface area contributed by atoms with E-state index in [2.05, 4.69) is 56.1 Å². The number of fused-ring (bicyclic) bond motifs is 1. The first-order valence-corrected chi connectivity index (χ1v) is 12.6. The Morgan fingerprint density at radius 2 is 1.89 bits per heavy atom. The number of aromatic nitrogens is 2. The molecule has 8 heteroatoms. The molecule has 0 spiro atoms. The Morgan fingerprint density at radius 1 is 1.08 bits per heavy atom. The van der Waals surface area contributed by atoms with E-state index >= 15 is 0 Å². The summed E-state index contributed by atoms with van der Waals surface area (Å²) in [6, 6.07) is 20.1. The van der Waals surface area contributed by atoms with Gasteiger partial charge in [-0.25, -0.2) is 0 Å². The minimum absolute atomic E-state index is 0.535. The van der Waals surface area contributed by atoms with Crippen LogP contribution in [-0.2, 0) is 6.42 Å². The van der Waals surface area contributed by atoms with Crippen LogP contribution in [0.3, 0.4) is 0 Å². The lowest BCUT2D eigenvalue weighted by Crippen LogP contribution is -2.22. The normalized spacial score (nSPS) is 10.5. The molecule has 0 fully saturated rings. The second kappa shape index (κ2) is 13.9. The van der Waals surface area contributed by atoms with Crippen LogP contribution in [-0.4, -0.2) is 57.3 Å². The molecule has 0 saturated heterocycles. The van der Waals surface area contributed by atoms with Crippen molar-refractivity contribution in [3.8, 4) is 5.75 Å². The van der Waals surface area contributed by atoms with Crippen LogP contribution in [0.15, 0.2) is 60.7 Å². The fourth-order valence-corrected chi connectivity index (χ4v) is 4.04. The largest absolute Gasteiger partial charge is 0.494 e. The van der Waals surface area contributed by atoms with Gasteiger partial charge in [0.25, 0.3) is 0 Å². The fraction of sp³-hybridized carbons (Fsp3) is 0.310. The van der Waals surface area contributed by atoms with Gasteiger partial charge in [-0.1, -0.05) is 18.2 Å². The number of ether oxygens (including phenoxy) is 1. The van der Waals surface area contributed by atoms with Crippen LogP contribution in [0.5, 0.6) is 5.75 Å². The van der Waals surface area contributed by atoms with Crippen molar-refractivity contribution in [2.75, 3.05) is 56.8 Å². The number of nitrogens with zero attached hydrogens (tertiary/aromatic N) is 2. The summed E-state index contributed by atoms with van der Waals surface area (Å²) in [6.07, 6.45) is 2.73. The molecule has 0 radical (unpaired) electrons. The van der Waals surface area contributed by atoms with Gasteiger partial charge in [-0.3, -0.25) is 9.89 Å². The van der Waals surface area contributed by atoms with E-state index in [9.17, 15) is 4.79 Å². The summed E-state index contributed by atoms with van der Waals surface area (Å²) in [6.45, 7) is 4.64. The number of carbonyl (C=O) groups excluding carboxylic acids is 1. The quantitative estimate of drug-likeness (QED) is 0.133. The number of hydrogen-bond acceptors (Lipinski definition) is 7. The van der Waals surface area contributed by atoms with E-state index in [-0.39, 0.29) is 0 Å². The smallest absolute Gasteiger partial charge is 0.155 e. The molecule has 0 saturated carbocycles. The minimum Gasteiger partial charge on any atom is -0.494 e. The van der Waals surface area contributed by atoms with Crippen LogP contribution in [0.2, 0.25) is 0 Å². The molecule has 0 bridgehead atoms. The summed E-state index contributed by atoms with van der Waals surface area (Å²) >= 11 is 0. The van der Waals surface area contributed by atoms with Crippen molar-refractivity contribution in [2.24, 2.45) is 0 Å². The highest BCUT2D eigenvalue weighted by molar-refractivity contribution is 5.90. The maximum atomic E-state index is 10.6. The van der Waals surface area contributed by atoms with Crippen LogP contribution in [0.4, 0.5) is 17.2 Å². The molecule has 0 atom stereocenters. The number of benzene rings is 3. The molecule has 37 heavy (non-hydrogen) atoms. The monoisotopic (exact) mass is 502 g/mol. The first kappa shape index (κ1) is 27.5. The summed E-state index contributed by atoms with van der Waals surface area (Å²) in [5.41, 5.74) is 11.4. The topological polar surface area (TPSA) is 108 Å². The van der Waals surface area contributed by atoms with Crippen molar-refractivity contribution in [1.82, 2.24) is 15.5 Å². The number of H-pyrrole nitrogens is 1. The molecule has 0 aliphatic rings. The second-order valence-electron chi connectivity index (χ2n) is 8.77. The van der Waals surface area contributed by atoms with Crippen molar-refractivity contribution < 1.29 is 9.53 Å². The lowest BCUT2D eigenvalue weighted by atomic mass is 10.0. The Hall–Kier alpha value is -4.04. The van der Waals surface area contributed by atoms with Gasteiger partial charge in [0.2, 0.25) is 0 Å². The van der Waals surface area contributed by atoms with E-state index in [1.807, 2.05) is 52.3 Å². The van der Waals surface area contributed by atoms with Crippen molar-refractivity contribution in [3.63, 3.8) is 0 Å². The molecule has 8 nitrogen and oxygen atoms in total. The summed E-state index contributed by atoms with van der Waals surface area (Å²) in [4.78, 5) is 12.7. The lowest BCUT2D eigenvalue weighted by molar-refractivity contribution is 0.112. The molecule has 4 aromatic rings. The van der Waals surface area contributed by atoms with Gasteiger partial charge in [-0.05, 0) is 86.9 Å². The first-order chi connectivity index (χ1) is 18.0. The molecular weight excluding hydrogens is 464 g/mol. The molecule has 196 valence electrons. The Labute approximate surface area is 219 Å². The SMILES string of the molecule is CCOc1cccc(Cc2ccc3[nH]nc(NC)c3c2)c1.CNCCCN(C)c1ccc(C=O)c(N)c1. The van der Waals surface area contributed by atoms with Crippen LogP contribution in [0.25, 0.3) is 10.9 Å². The molecule has 0 unspecified atom stereocenters. The number of nitrogens with two attached hydrogens (primary N) is 1. The summed E-state index contributed by atoms with van der Waals surface area (Å²) in [5.74, 6) is 1.81. The molecule has 3 aromatic carbocycles. The van der Waals surface area contributed by atoms with Gasteiger partial charge in [0.05, 0.1) is 12.1 Å². The highest BCUT2D eigenvalue weighted by Crippen LogP contribution is 2.24. The number of aldehydes is 1. The van der Waals surface area contributed by atoms with E-state index in [1.54, 1.807) is 6.07 Å². The third kappa shape index (κ3) is 7.72. The standard InChI is InChI=1S/C17H19N3O.C12H19N3O/c1-3-21-14-6-4-5-12(10-14)9-13-7-8-16-15(11-13)17(18-2)20-19-16;1-14-6-3-7-15(2)11-5-4-10(9-16)12(13)8-11/h4-8,10-11H,3,9H2,1-2H3,(H2,18,19,20);4-5,8-9,14H,3,6-7,13H2,1-2H3. The van der Waals surface area contributed by atoms with Crippen LogP contribution < -0.4 is 26.0 Å². The fourth-order valence-electron chi connectivity index (χ4n) is 4.04. The Bertz CT molecular complexity index is 1290. The van der Waals surface area contributed by atoms with E-state index in [0.717, 1.165) is 60.4 Å². The molecular formula is C29H38N6O2. The molecule has 1 heterocycles. The van der Waals surface area contributed by atoms with Crippen molar-refractivity contribution in [3.05, 3.63) is 77.4 Å². The third-order valence-electron chi connectivity index (χ3n) is 6.04. The number of aromatic amines is 1. The van der Waals surface area contributed by atoms with Crippen molar-refractivity contribution >= 4 is 34.4 Å². The van der Waals surface area contributed by atoms with E-state index < -0.39 is 0 Å². The average Bonchev–Trinajstić information content (AvgIpc) is 3.32. The van der Waals surface area contributed by atoms with Gasteiger partial charge < -0.3 is 26.0 Å². The molecule has 5 N–H and O–H groups in total. The number of nitrogens with one attached hydrogen (secondary N) is 3. The highest BCUT2D eigenvalue weighted by Gasteiger charge is 2.06. The maximum Gasteiger partial charge on any atom is 0.155 e. The van der Waals surface area contributed by atoms with E-state index in [1.165, 1.54) is 11.1 Å². The van der Waals surface area contributed by atoms with Crippen molar-refractivity contribution in [1.29, 1.82) is 0 Å². The minimum atomic E-state index is 0.535. The van der Waals surface area contributed by atoms with Crippen LogP contribution in [0, 0.1) is 0 Å². The summed E-state index contributed by atoms with van der Waals surface area (Å²) in [7, 11) is 5.84. The van der Waals surface area contributed by atoms with Gasteiger partial charge in [-0.15, -0.1) is 0 Å². The molecule has 4 rings (SSSR count). The summed E-state index contributed by atoms with van der Waals surface area (Å²) < 4.78 is 5.55. The Morgan fingerprint density at radius 3 is 2.59 bits per heavy atom. The predicted molar refractivity (Wildman–Crippen MR) is 154 cm³/mol. The van der Waals surface area contributed by atoms with Crippen molar-refractivity contribution in [2.45, 2.75) is 19.8 Å². The Kier molecular flexibility index (Phi) is 10.3.